The van der Waals surface area contributed by atoms with Crippen molar-refractivity contribution in [3.63, 3.8) is 0 Å². The van der Waals surface area contributed by atoms with Crippen LogP contribution in [0.4, 0.5) is 0 Å². The molecular formula is C14H22O3. The minimum absolute atomic E-state index is 0.155. The summed E-state index contributed by atoms with van der Waals surface area (Å²) in [6.45, 7) is 4.33. The largest absolute Gasteiger partial charge is 0.466 e. The Balaban J connectivity index is 2.78. The summed E-state index contributed by atoms with van der Waals surface area (Å²) in [6.07, 6.45) is 6.71. The van der Waals surface area contributed by atoms with Gasteiger partial charge in [0.25, 0.3) is 0 Å². The summed E-state index contributed by atoms with van der Waals surface area (Å²) in [5.41, 5.74) is 0.979. The first-order chi connectivity index (χ1) is 8.19. The quantitative estimate of drug-likeness (QED) is 0.691. The molecule has 3 heteroatoms. The van der Waals surface area contributed by atoms with Crippen LogP contribution in [-0.4, -0.2) is 18.4 Å². The summed E-state index contributed by atoms with van der Waals surface area (Å²) in [7, 11) is 0. The molecule has 1 atom stereocenters. The first kappa shape index (κ1) is 13.9. The third-order valence-corrected chi connectivity index (χ3v) is 3.10. The van der Waals surface area contributed by atoms with Gasteiger partial charge in [-0.05, 0) is 38.7 Å². The third kappa shape index (κ3) is 4.33. The molecule has 0 N–H and O–H groups in total. The standard InChI is InChI=1S/C14H22O3/c1-3-5-7-11-10-12(15)8-6-9-13(11)14(16)17-4-2/h10,13H,3-9H2,1-2H3. The van der Waals surface area contributed by atoms with Crippen LogP contribution in [0.3, 0.4) is 0 Å². The molecule has 0 aromatic carbocycles. The SMILES string of the molecule is CCCCC1=CC(=O)CCCC1C(=O)OCC. The van der Waals surface area contributed by atoms with E-state index < -0.39 is 0 Å². The summed E-state index contributed by atoms with van der Waals surface area (Å²) in [5, 5.41) is 0. The molecular weight excluding hydrogens is 216 g/mol. The third-order valence-electron chi connectivity index (χ3n) is 3.10. The van der Waals surface area contributed by atoms with Crippen LogP contribution in [0.25, 0.3) is 0 Å². The number of hydrogen-bond donors (Lipinski definition) is 0. The summed E-state index contributed by atoms with van der Waals surface area (Å²) in [4.78, 5) is 23.4. The van der Waals surface area contributed by atoms with Crippen molar-refractivity contribution in [2.75, 3.05) is 6.61 Å². The maximum atomic E-state index is 11.9. The van der Waals surface area contributed by atoms with Crippen molar-refractivity contribution in [3.8, 4) is 0 Å². The summed E-state index contributed by atoms with van der Waals surface area (Å²) in [5.74, 6) is -0.194. The lowest BCUT2D eigenvalue weighted by molar-refractivity contribution is -0.146. The molecule has 0 aliphatic heterocycles. The van der Waals surface area contributed by atoms with E-state index in [4.69, 9.17) is 4.74 Å². The van der Waals surface area contributed by atoms with Gasteiger partial charge in [0.05, 0.1) is 12.5 Å². The van der Waals surface area contributed by atoms with E-state index >= 15 is 0 Å². The monoisotopic (exact) mass is 238 g/mol. The predicted molar refractivity (Wildman–Crippen MR) is 66.6 cm³/mol. The Bertz CT molecular complexity index is 305. The molecule has 96 valence electrons. The van der Waals surface area contributed by atoms with Gasteiger partial charge in [0.1, 0.15) is 0 Å². The lowest BCUT2D eigenvalue weighted by atomic mass is 9.91. The number of rotatable bonds is 5. The van der Waals surface area contributed by atoms with Crippen molar-refractivity contribution in [2.45, 2.75) is 52.4 Å². The van der Waals surface area contributed by atoms with Crippen molar-refractivity contribution in [1.82, 2.24) is 0 Å². The maximum Gasteiger partial charge on any atom is 0.313 e. The summed E-state index contributed by atoms with van der Waals surface area (Å²) in [6, 6.07) is 0. The Morgan fingerprint density at radius 2 is 2.24 bits per heavy atom. The number of carbonyl (C=O) groups excluding carboxylic acids is 2. The van der Waals surface area contributed by atoms with Crippen LogP contribution >= 0.6 is 0 Å². The second-order valence-corrected chi connectivity index (χ2v) is 4.49. The van der Waals surface area contributed by atoms with Gasteiger partial charge in [-0.3, -0.25) is 9.59 Å². The Morgan fingerprint density at radius 3 is 2.88 bits per heavy atom. The molecule has 0 aromatic heterocycles. The van der Waals surface area contributed by atoms with E-state index in [1.807, 2.05) is 6.92 Å². The van der Waals surface area contributed by atoms with Gasteiger partial charge in [-0.15, -0.1) is 0 Å². The van der Waals surface area contributed by atoms with Gasteiger partial charge in [-0.1, -0.05) is 18.9 Å². The van der Waals surface area contributed by atoms with Gasteiger partial charge in [0, 0.05) is 6.42 Å². The smallest absolute Gasteiger partial charge is 0.313 e. The Kier molecular flexibility index (Phi) is 5.95. The number of ether oxygens (including phenoxy) is 1. The average molecular weight is 238 g/mol. The molecule has 0 aromatic rings. The molecule has 0 saturated heterocycles. The molecule has 0 saturated carbocycles. The second-order valence-electron chi connectivity index (χ2n) is 4.49. The minimum atomic E-state index is -0.187. The van der Waals surface area contributed by atoms with Crippen molar-refractivity contribution in [3.05, 3.63) is 11.6 Å². The average Bonchev–Trinajstić information content (AvgIpc) is 2.48. The van der Waals surface area contributed by atoms with Crippen LogP contribution in [0.5, 0.6) is 0 Å². The zero-order valence-electron chi connectivity index (χ0n) is 10.8. The van der Waals surface area contributed by atoms with E-state index in [1.54, 1.807) is 6.08 Å². The Labute approximate surface area is 103 Å². The summed E-state index contributed by atoms with van der Waals surface area (Å²) < 4.78 is 5.09. The van der Waals surface area contributed by atoms with Crippen molar-refractivity contribution < 1.29 is 14.3 Å². The van der Waals surface area contributed by atoms with Gasteiger partial charge in [-0.2, -0.15) is 0 Å². The van der Waals surface area contributed by atoms with Crippen LogP contribution < -0.4 is 0 Å². The van der Waals surface area contributed by atoms with Gasteiger partial charge in [0.2, 0.25) is 0 Å². The fourth-order valence-electron chi connectivity index (χ4n) is 2.18. The molecule has 0 fully saturated rings. The first-order valence-electron chi connectivity index (χ1n) is 6.59. The van der Waals surface area contributed by atoms with Gasteiger partial charge < -0.3 is 4.74 Å². The maximum absolute atomic E-state index is 11.9. The highest BCUT2D eigenvalue weighted by Gasteiger charge is 2.26. The van der Waals surface area contributed by atoms with Crippen LogP contribution in [0.15, 0.2) is 11.6 Å². The number of hydrogen-bond acceptors (Lipinski definition) is 3. The molecule has 0 spiro atoms. The highest BCUT2D eigenvalue weighted by Crippen LogP contribution is 2.27. The lowest BCUT2D eigenvalue weighted by Crippen LogP contribution is -2.19. The molecule has 3 nitrogen and oxygen atoms in total. The van der Waals surface area contributed by atoms with Crippen LogP contribution in [0.1, 0.15) is 52.4 Å². The van der Waals surface area contributed by atoms with Crippen molar-refractivity contribution >= 4 is 11.8 Å². The molecule has 17 heavy (non-hydrogen) atoms. The molecule has 1 unspecified atom stereocenters. The molecule has 0 bridgehead atoms. The molecule has 1 aliphatic carbocycles. The number of unbranched alkanes of at least 4 members (excludes halogenated alkanes) is 1. The minimum Gasteiger partial charge on any atom is -0.466 e. The topological polar surface area (TPSA) is 43.4 Å². The van der Waals surface area contributed by atoms with Gasteiger partial charge in [-0.25, -0.2) is 0 Å². The highest BCUT2D eigenvalue weighted by molar-refractivity contribution is 5.92. The number of allylic oxidation sites excluding steroid dienone is 1. The zero-order chi connectivity index (χ0) is 12.7. The fraction of sp³-hybridized carbons (Fsp3) is 0.714. The van der Waals surface area contributed by atoms with Crippen molar-refractivity contribution in [2.24, 2.45) is 5.92 Å². The zero-order valence-corrected chi connectivity index (χ0v) is 10.8. The number of carbonyl (C=O) groups is 2. The van der Waals surface area contributed by atoms with Crippen LogP contribution in [0, 0.1) is 5.92 Å². The highest BCUT2D eigenvalue weighted by atomic mass is 16.5. The number of esters is 1. The molecule has 1 aliphatic rings. The summed E-state index contributed by atoms with van der Waals surface area (Å²) >= 11 is 0. The van der Waals surface area contributed by atoms with Gasteiger partial charge >= 0.3 is 5.97 Å². The van der Waals surface area contributed by atoms with Gasteiger partial charge in [0.15, 0.2) is 5.78 Å². The van der Waals surface area contributed by atoms with E-state index in [0.717, 1.165) is 37.7 Å². The van der Waals surface area contributed by atoms with E-state index in [2.05, 4.69) is 6.92 Å². The molecule has 0 heterocycles. The van der Waals surface area contributed by atoms with E-state index in [0.29, 0.717) is 13.0 Å². The molecule has 0 amide bonds. The van der Waals surface area contributed by atoms with E-state index in [9.17, 15) is 9.59 Å². The predicted octanol–water partition coefficient (Wildman–Crippen LogP) is 3.04. The first-order valence-corrected chi connectivity index (χ1v) is 6.59. The normalized spacial score (nSPS) is 20.7. The number of ketones is 1. The van der Waals surface area contributed by atoms with Crippen LogP contribution in [-0.2, 0) is 14.3 Å². The molecule has 0 radical (unpaired) electrons. The van der Waals surface area contributed by atoms with Crippen LogP contribution in [0.2, 0.25) is 0 Å². The van der Waals surface area contributed by atoms with E-state index in [-0.39, 0.29) is 17.7 Å². The van der Waals surface area contributed by atoms with E-state index in [1.165, 1.54) is 0 Å². The lowest BCUT2D eigenvalue weighted by Gasteiger charge is -2.16. The fourth-order valence-corrected chi connectivity index (χ4v) is 2.18. The second kappa shape index (κ2) is 7.25. The van der Waals surface area contributed by atoms with Crippen molar-refractivity contribution in [1.29, 1.82) is 0 Å². The Morgan fingerprint density at radius 1 is 1.47 bits per heavy atom. The molecule has 1 rings (SSSR count). The Hall–Kier alpha value is -1.12.